The number of nitrogens with two attached hydrogens (primary N) is 1. The Morgan fingerprint density at radius 1 is 1.41 bits per heavy atom. The quantitative estimate of drug-likeness (QED) is 0.857. The Hall–Kier alpha value is -1.06. The van der Waals surface area contributed by atoms with E-state index in [1.807, 2.05) is 0 Å². The molecule has 0 saturated heterocycles. The van der Waals surface area contributed by atoms with Crippen molar-refractivity contribution in [1.82, 2.24) is 4.90 Å². The number of aryl methyl sites for hydroxylation is 1. The summed E-state index contributed by atoms with van der Waals surface area (Å²) in [6, 6.07) is 7.06. The molecule has 17 heavy (non-hydrogen) atoms. The van der Waals surface area contributed by atoms with Crippen molar-refractivity contribution in [2.45, 2.75) is 25.3 Å². The summed E-state index contributed by atoms with van der Waals surface area (Å²) >= 11 is 0. The zero-order chi connectivity index (χ0) is 12.3. The largest absolute Gasteiger partial charge is 0.497 e. The predicted octanol–water partition coefficient (Wildman–Crippen LogP) is 1.44. The minimum Gasteiger partial charge on any atom is -0.497 e. The molecule has 2 rings (SSSR count). The molecule has 94 valence electrons. The third-order valence-electron chi connectivity index (χ3n) is 3.72. The van der Waals surface area contributed by atoms with E-state index < -0.39 is 0 Å². The number of ether oxygens (including phenoxy) is 1. The van der Waals surface area contributed by atoms with Gasteiger partial charge in [-0.15, -0.1) is 0 Å². The fourth-order valence-electron chi connectivity index (χ4n) is 2.60. The minimum atomic E-state index is 0.623. The van der Waals surface area contributed by atoms with Gasteiger partial charge in [0.05, 0.1) is 7.11 Å². The maximum absolute atomic E-state index is 5.61. The van der Waals surface area contributed by atoms with Crippen LogP contribution in [-0.2, 0) is 12.8 Å². The second kappa shape index (κ2) is 5.52. The Balaban J connectivity index is 2.11. The van der Waals surface area contributed by atoms with Gasteiger partial charge in [-0.05, 0) is 49.6 Å². The molecule has 3 nitrogen and oxygen atoms in total. The average Bonchev–Trinajstić information content (AvgIpc) is 2.37. The van der Waals surface area contributed by atoms with Gasteiger partial charge >= 0.3 is 0 Å². The summed E-state index contributed by atoms with van der Waals surface area (Å²) in [7, 11) is 3.89. The van der Waals surface area contributed by atoms with E-state index in [1.165, 1.54) is 24.0 Å². The topological polar surface area (TPSA) is 38.5 Å². The van der Waals surface area contributed by atoms with Gasteiger partial charge in [0, 0.05) is 19.1 Å². The number of fused-ring (bicyclic) bond motifs is 1. The normalized spacial score (nSPS) is 19.2. The van der Waals surface area contributed by atoms with Crippen LogP contribution < -0.4 is 10.5 Å². The number of nitrogens with zero attached hydrogens (tertiary/aromatic N) is 1. The molecule has 0 bridgehead atoms. The van der Waals surface area contributed by atoms with Crippen molar-refractivity contribution < 1.29 is 4.74 Å². The lowest BCUT2D eigenvalue weighted by Crippen LogP contribution is -2.39. The Bertz CT molecular complexity index is 378. The molecule has 1 aromatic rings. The van der Waals surface area contributed by atoms with Crippen LogP contribution in [0.3, 0.4) is 0 Å². The predicted molar refractivity (Wildman–Crippen MR) is 70.5 cm³/mol. The number of hydrogen-bond acceptors (Lipinski definition) is 3. The minimum absolute atomic E-state index is 0.623. The summed E-state index contributed by atoms with van der Waals surface area (Å²) in [5.41, 5.74) is 8.52. The van der Waals surface area contributed by atoms with Crippen LogP contribution in [0.15, 0.2) is 18.2 Å². The molecular formula is C14H22N2O. The van der Waals surface area contributed by atoms with Gasteiger partial charge in [-0.3, -0.25) is 0 Å². The first-order valence-electron chi connectivity index (χ1n) is 6.30. The molecule has 0 fully saturated rings. The third kappa shape index (κ3) is 2.79. The van der Waals surface area contributed by atoms with Gasteiger partial charge in [0.1, 0.15) is 5.75 Å². The zero-order valence-corrected chi connectivity index (χ0v) is 10.8. The first kappa shape index (κ1) is 12.4. The van der Waals surface area contributed by atoms with Crippen molar-refractivity contribution in [3.05, 3.63) is 29.3 Å². The highest BCUT2D eigenvalue weighted by atomic mass is 16.5. The standard InChI is InChI=1S/C14H22N2O/c1-16(8-7-15)13-5-3-11-4-6-14(17-2)10-12(11)9-13/h4,6,10,13H,3,5,7-9,15H2,1-2H3. The summed E-state index contributed by atoms with van der Waals surface area (Å²) < 4.78 is 5.29. The van der Waals surface area contributed by atoms with Gasteiger partial charge in [0.25, 0.3) is 0 Å². The molecule has 0 aliphatic heterocycles. The van der Waals surface area contributed by atoms with Gasteiger partial charge < -0.3 is 15.4 Å². The second-order valence-electron chi connectivity index (χ2n) is 4.80. The molecule has 1 aliphatic carbocycles. The zero-order valence-electron chi connectivity index (χ0n) is 10.8. The summed E-state index contributed by atoms with van der Waals surface area (Å²) in [6.45, 7) is 1.71. The van der Waals surface area contributed by atoms with E-state index in [2.05, 4.69) is 30.1 Å². The number of methoxy groups -OCH3 is 1. The van der Waals surface area contributed by atoms with Gasteiger partial charge in [-0.2, -0.15) is 0 Å². The maximum Gasteiger partial charge on any atom is 0.119 e. The number of benzene rings is 1. The SMILES string of the molecule is COc1ccc2c(c1)CC(N(C)CCN)CC2. The van der Waals surface area contributed by atoms with Crippen LogP contribution >= 0.6 is 0 Å². The number of rotatable bonds is 4. The molecule has 1 atom stereocenters. The van der Waals surface area contributed by atoms with E-state index in [-0.39, 0.29) is 0 Å². The van der Waals surface area contributed by atoms with Crippen LogP contribution in [0.25, 0.3) is 0 Å². The van der Waals surface area contributed by atoms with Gasteiger partial charge in [-0.1, -0.05) is 6.07 Å². The van der Waals surface area contributed by atoms with Crippen LogP contribution in [-0.4, -0.2) is 38.2 Å². The van der Waals surface area contributed by atoms with Crippen molar-refractivity contribution in [2.24, 2.45) is 5.73 Å². The Morgan fingerprint density at radius 2 is 2.24 bits per heavy atom. The molecule has 0 spiro atoms. The second-order valence-corrected chi connectivity index (χ2v) is 4.80. The summed E-state index contributed by atoms with van der Waals surface area (Å²) in [5.74, 6) is 0.964. The fourth-order valence-corrected chi connectivity index (χ4v) is 2.60. The van der Waals surface area contributed by atoms with Crippen LogP contribution in [0.5, 0.6) is 5.75 Å². The molecule has 1 unspecified atom stereocenters. The van der Waals surface area contributed by atoms with Gasteiger partial charge in [0.15, 0.2) is 0 Å². The van der Waals surface area contributed by atoms with Crippen molar-refractivity contribution in [3.8, 4) is 5.75 Å². The van der Waals surface area contributed by atoms with Crippen LogP contribution in [0.2, 0.25) is 0 Å². The Morgan fingerprint density at radius 3 is 2.94 bits per heavy atom. The van der Waals surface area contributed by atoms with Crippen molar-refractivity contribution in [1.29, 1.82) is 0 Å². The van der Waals surface area contributed by atoms with Crippen LogP contribution in [0, 0.1) is 0 Å². The van der Waals surface area contributed by atoms with E-state index in [9.17, 15) is 0 Å². The molecule has 0 aromatic heterocycles. The van der Waals surface area contributed by atoms with E-state index in [1.54, 1.807) is 7.11 Å². The Labute approximate surface area is 104 Å². The molecule has 1 aromatic carbocycles. The molecule has 0 amide bonds. The molecule has 3 heteroatoms. The lowest BCUT2D eigenvalue weighted by atomic mass is 9.87. The molecule has 2 N–H and O–H groups in total. The van der Waals surface area contributed by atoms with E-state index in [0.29, 0.717) is 6.04 Å². The highest BCUT2D eigenvalue weighted by Gasteiger charge is 2.21. The van der Waals surface area contributed by atoms with Gasteiger partial charge in [-0.25, -0.2) is 0 Å². The van der Waals surface area contributed by atoms with Crippen molar-refractivity contribution in [2.75, 3.05) is 27.2 Å². The monoisotopic (exact) mass is 234 g/mol. The van der Waals surface area contributed by atoms with E-state index in [0.717, 1.165) is 25.3 Å². The number of hydrogen-bond donors (Lipinski definition) is 1. The molecular weight excluding hydrogens is 212 g/mol. The lowest BCUT2D eigenvalue weighted by molar-refractivity contribution is 0.227. The first-order chi connectivity index (χ1) is 8.24. The molecule has 0 saturated carbocycles. The summed E-state index contributed by atoms with van der Waals surface area (Å²) in [5, 5.41) is 0. The van der Waals surface area contributed by atoms with Crippen molar-refractivity contribution >= 4 is 0 Å². The number of likely N-dealkylation sites (N-methyl/N-ethyl adjacent to an activating group) is 1. The van der Waals surface area contributed by atoms with Crippen LogP contribution in [0.4, 0.5) is 0 Å². The lowest BCUT2D eigenvalue weighted by Gasteiger charge is -2.32. The molecule has 0 radical (unpaired) electrons. The average molecular weight is 234 g/mol. The molecule has 0 heterocycles. The smallest absolute Gasteiger partial charge is 0.119 e. The summed E-state index contributed by atoms with van der Waals surface area (Å²) in [6.07, 6.45) is 3.51. The maximum atomic E-state index is 5.61. The Kier molecular flexibility index (Phi) is 4.02. The van der Waals surface area contributed by atoms with Gasteiger partial charge in [0.2, 0.25) is 0 Å². The summed E-state index contributed by atoms with van der Waals surface area (Å²) in [4.78, 5) is 2.38. The van der Waals surface area contributed by atoms with Crippen molar-refractivity contribution in [3.63, 3.8) is 0 Å². The fraction of sp³-hybridized carbons (Fsp3) is 0.571. The van der Waals surface area contributed by atoms with E-state index >= 15 is 0 Å². The molecule has 1 aliphatic rings. The highest BCUT2D eigenvalue weighted by Crippen LogP contribution is 2.27. The third-order valence-corrected chi connectivity index (χ3v) is 3.72. The van der Waals surface area contributed by atoms with E-state index in [4.69, 9.17) is 10.5 Å². The first-order valence-corrected chi connectivity index (χ1v) is 6.30. The van der Waals surface area contributed by atoms with Crippen LogP contribution in [0.1, 0.15) is 17.5 Å². The highest BCUT2D eigenvalue weighted by molar-refractivity contribution is 5.37.